The second kappa shape index (κ2) is 5.43. The molecule has 0 aliphatic carbocycles. The van der Waals surface area contributed by atoms with Gasteiger partial charge in [-0.2, -0.15) is 0 Å². The molecule has 1 heterocycles. The third-order valence-corrected chi connectivity index (χ3v) is 2.57. The van der Waals surface area contributed by atoms with Gasteiger partial charge in [-0.25, -0.2) is 14.2 Å². The molecule has 2 rings (SSSR count). The van der Waals surface area contributed by atoms with E-state index in [1.165, 1.54) is 24.3 Å². The van der Waals surface area contributed by atoms with E-state index in [0.717, 1.165) is 10.9 Å². The normalized spacial score (nSPS) is 11.2. The molecule has 22 heavy (non-hydrogen) atoms. The molecule has 0 unspecified atom stereocenters. The van der Waals surface area contributed by atoms with Gasteiger partial charge >= 0.3 is 11.8 Å². The smallest absolute Gasteiger partial charge is 0.439 e. The third-order valence-electron chi connectivity index (χ3n) is 2.57. The first-order valence-corrected chi connectivity index (χ1v) is 6.34. The molecular weight excluding hydrogens is 292 g/mol. The molecule has 116 valence electrons. The zero-order valence-electron chi connectivity index (χ0n) is 12.2. The fourth-order valence-corrected chi connectivity index (χ4v) is 1.65. The predicted molar refractivity (Wildman–Crippen MR) is 76.1 cm³/mol. The fourth-order valence-electron chi connectivity index (χ4n) is 1.65. The number of hydrogen-bond donors (Lipinski definition) is 0. The Morgan fingerprint density at radius 3 is 2.36 bits per heavy atom. The van der Waals surface area contributed by atoms with Crippen LogP contribution in [0.5, 0.6) is 0 Å². The molecule has 0 fully saturated rings. The first-order valence-electron chi connectivity index (χ1n) is 6.34. The van der Waals surface area contributed by atoms with Crippen LogP contribution in [-0.4, -0.2) is 31.0 Å². The Morgan fingerprint density at radius 1 is 1.27 bits per heavy atom. The number of aromatic nitrogens is 3. The van der Waals surface area contributed by atoms with Crippen LogP contribution in [0.15, 0.2) is 35.4 Å². The summed E-state index contributed by atoms with van der Waals surface area (Å²) < 4.78 is 6.74. The first kappa shape index (κ1) is 15.4. The minimum Gasteiger partial charge on any atom is -0.442 e. The Kier molecular flexibility index (Phi) is 3.81. The monoisotopic (exact) mass is 306 g/mol. The van der Waals surface area contributed by atoms with Crippen molar-refractivity contribution >= 4 is 11.8 Å². The summed E-state index contributed by atoms with van der Waals surface area (Å²) in [5.74, 6) is 0. The van der Waals surface area contributed by atoms with E-state index in [1.807, 2.05) is 0 Å². The average molecular weight is 306 g/mol. The number of nitro benzene ring substituents is 1. The second-order valence-corrected chi connectivity index (χ2v) is 5.45. The Morgan fingerprint density at radius 2 is 1.86 bits per heavy atom. The van der Waals surface area contributed by atoms with Crippen molar-refractivity contribution < 1.29 is 14.5 Å². The van der Waals surface area contributed by atoms with Crippen LogP contribution in [-0.2, 0) is 4.74 Å². The van der Waals surface area contributed by atoms with E-state index < -0.39 is 22.3 Å². The van der Waals surface area contributed by atoms with Crippen LogP contribution in [0.2, 0.25) is 0 Å². The molecule has 0 aliphatic heterocycles. The molecule has 0 amide bonds. The summed E-state index contributed by atoms with van der Waals surface area (Å²) in [7, 11) is 0. The first-order chi connectivity index (χ1) is 10.2. The molecule has 0 N–H and O–H groups in total. The van der Waals surface area contributed by atoms with Gasteiger partial charge in [-0.05, 0) is 32.9 Å². The molecule has 9 nitrogen and oxygen atoms in total. The number of nitro groups is 1. The minimum absolute atomic E-state index is 0.101. The van der Waals surface area contributed by atoms with Gasteiger partial charge in [0.25, 0.3) is 5.69 Å². The summed E-state index contributed by atoms with van der Waals surface area (Å²) in [6.45, 7) is 5.01. The quantitative estimate of drug-likeness (QED) is 0.617. The molecule has 0 saturated heterocycles. The van der Waals surface area contributed by atoms with Crippen molar-refractivity contribution in [3.05, 3.63) is 51.2 Å². The van der Waals surface area contributed by atoms with Crippen LogP contribution in [0.25, 0.3) is 5.69 Å². The molecule has 0 saturated carbocycles. The number of benzene rings is 1. The molecule has 0 spiro atoms. The highest BCUT2D eigenvalue weighted by Crippen LogP contribution is 2.14. The number of carbonyl (C=O) groups is 1. The number of ether oxygens (including phenoxy) is 1. The summed E-state index contributed by atoms with van der Waals surface area (Å²) in [6.07, 6.45) is 0.256. The Labute approximate surface area is 124 Å². The van der Waals surface area contributed by atoms with Gasteiger partial charge in [-0.3, -0.25) is 10.1 Å². The van der Waals surface area contributed by atoms with Crippen molar-refractivity contribution in [3.63, 3.8) is 0 Å². The lowest BCUT2D eigenvalue weighted by molar-refractivity contribution is -0.384. The zero-order valence-corrected chi connectivity index (χ0v) is 12.2. The highest BCUT2D eigenvalue weighted by Gasteiger charge is 2.21. The van der Waals surface area contributed by atoms with Crippen molar-refractivity contribution in [2.24, 2.45) is 0 Å². The van der Waals surface area contributed by atoms with Crippen molar-refractivity contribution in [2.75, 3.05) is 0 Å². The summed E-state index contributed by atoms with van der Waals surface area (Å²) in [4.78, 5) is 34.0. The number of non-ortho nitro benzene ring substituents is 1. The molecule has 1 aromatic heterocycles. The summed E-state index contributed by atoms with van der Waals surface area (Å²) in [5.41, 5.74) is -1.22. The second-order valence-electron chi connectivity index (χ2n) is 5.45. The van der Waals surface area contributed by atoms with Crippen molar-refractivity contribution in [3.8, 4) is 5.69 Å². The maximum atomic E-state index is 12.1. The van der Waals surface area contributed by atoms with E-state index in [2.05, 4.69) is 5.10 Å². The maximum absolute atomic E-state index is 12.1. The van der Waals surface area contributed by atoms with Gasteiger partial charge in [-0.1, -0.05) is 0 Å². The fraction of sp³-hybridized carbons (Fsp3) is 0.308. The van der Waals surface area contributed by atoms with Gasteiger partial charge in [0.1, 0.15) is 11.9 Å². The number of carbonyl (C=O) groups excluding carboxylic acids is 1. The van der Waals surface area contributed by atoms with Crippen molar-refractivity contribution in [1.82, 2.24) is 14.3 Å². The van der Waals surface area contributed by atoms with Crippen LogP contribution in [0, 0.1) is 10.1 Å². The predicted octanol–water partition coefficient (Wildman–Crippen LogP) is 1.73. The summed E-state index contributed by atoms with van der Waals surface area (Å²) in [5, 5.41) is 14.3. The molecule has 0 atom stereocenters. The molecule has 0 radical (unpaired) electrons. The minimum atomic E-state index is -0.891. The van der Waals surface area contributed by atoms with E-state index in [0.29, 0.717) is 10.4 Å². The number of hydrogen-bond acceptors (Lipinski definition) is 6. The number of rotatable bonds is 2. The topological polar surface area (TPSA) is 109 Å². The lowest BCUT2D eigenvalue weighted by Crippen LogP contribution is -2.34. The average Bonchev–Trinajstić information content (AvgIpc) is 2.79. The highest BCUT2D eigenvalue weighted by atomic mass is 16.6. The van der Waals surface area contributed by atoms with Gasteiger partial charge in [0.15, 0.2) is 0 Å². The van der Waals surface area contributed by atoms with Crippen molar-refractivity contribution in [2.45, 2.75) is 26.4 Å². The van der Waals surface area contributed by atoms with Crippen LogP contribution >= 0.6 is 0 Å². The van der Waals surface area contributed by atoms with Gasteiger partial charge in [0.05, 0.1) is 10.6 Å². The molecule has 2 aromatic rings. The van der Waals surface area contributed by atoms with Gasteiger partial charge in [0, 0.05) is 12.1 Å². The van der Waals surface area contributed by atoms with Gasteiger partial charge in [0.2, 0.25) is 0 Å². The number of nitrogens with zero attached hydrogens (tertiary/aromatic N) is 4. The largest absolute Gasteiger partial charge is 0.442 e. The summed E-state index contributed by atoms with van der Waals surface area (Å²) in [6, 6.07) is 5.29. The maximum Gasteiger partial charge on any atom is 0.439 e. The Hall–Kier alpha value is -2.97. The Balaban J connectivity index is 2.33. The van der Waals surface area contributed by atoms with Crippen molar-refractivity contribution in [1.29, 1.82) is 0 Å². The standard InChI is InChI=1S/C13H14N4O5/c1-13(2,3)22-12(19)16-11(18)15(8-14-16)9-4-6-10(7-5-9)17(20)21/h4-8H,1-3H3. The van der Waals surface area contributed by atoms with Crippen LogP contribution in [0.3, 0.4) is 0 Å². The highest BCUT2D eigenvalue weighted by molar-refractivity contribution is 5.69. The van der Waals surface area contributed by atoms with E-state index in [9.17, 15) is 19.7 Å². The van der Waals surface area contributed by atoms with E-state index >= 15 is 0 Å². The van der Waals surface area contributed by atoms with Crippen LogP contribution in [0.4, 0.5) is 10.5 Å². The van der Waals surface area contributed by atoms with E-state index in [1.54, 1.807) is 20.8 Å². The SMILES string of the molecule is CC(C)(C)OC(=O)n1ncn(-c2ccc([N+](=O)[O-])cc2)c1=O. The molecule has 0 bridgehead atoms. The zero-order chi connectivity index (χ0) is 16.5. The van der Waals surface area contributed by atoms with Gasteiger partial charge < -0.3 is 4.74 Å². The molecule has 9 heteroatoms. The lowest BCUT2D eigenvalue weighted by Gasteiger charge is -2.18. The van der Waals surface area contributed by atoms with Crippen LogP contribution in [0.1, 0.15) is 20.8 Å². The van der Waals surface area contributed by atoms with E-state index in [-0.39, 0.29) is 5.69 Å². The third kappa shape index (κ3) is 3.19. The van der Waals surface area contributed by atoms with Gasteiger partial charge in [-0.15, -0.1) is 9.78 Å². The van der Waals surface area contributed by atoms with Crippen LogP contribution < -0.4 is 5.69 Å². The Bertz CT molecular complexity index is 767. The molecular formula is C13H14N4O5. The molecule has 1 aromatic carbocycles. The van der Waals surface area contributed by atoms with E-state index in [4.69, 9.17) is 4.74 Å². The molecule has 0 aliphatic rings. The lowest BCUT2D eigenvalue weighted by atomic mass is 10.2. The summed E-state index contributed by atoms with van der Waals surface area (Å²) >= 11 is 0.